The minimum absolute atomic E-state index is 0.278. The van der Waals surface area contributed by atoms with E-state index in [2.05, 4.69) is 36.1 Å². The van der Waals surface area contributed by atoms with Crippen molar-refractivity contribution in [3.63, 3.8) is 0 Å². The normalized spacial score (nSPS) is 11.8. The second kappa shape index (κ2) is 6.91. The lowest BCUT2D eigenvalue weighted by atomic mass is 10.1. The molecule has 2 aromatic carbocycles. The maximum Gasteiger partial charge on any atom is 0.129 e. The van der Waals surface area contributed by atoms with Crippen LogP contribution in [0.4, 0.5) is 10.1 Å². The average molecular weight is 330 g/mol. The summed E-state index contributed by atoms with van der Waals surface area (Å²) < 4.78 is 13.0. The fourth-order valence-corrected chi connectivity index (χ4v) is 2.28. The quantitative estimate of drug-likeness (QED) is 0.393. The molecule has 0 saturated heterocycles. The molecule has 0 amide bonds. The molecule has 0 radical (unpaired) electrons. The number of hydrogen-bond acceptors (Lipinski definition) is 1. The highest BCUT2D eigenvalue weighted by Gasteiger charge is 2.09. The molecule has 0 bridgehead atoms. The van der Waals surface area contributed by atoms with Crippen LogP contribution in [0.15, 0.2) is 53.5 Å². The van der Waals surface area contributed by atoms with Crippen molar-refractivity contribution in [3.05, 3.63) is 64.9 Å². The molecule has 0 aliphatic heterocycles. The number of halogens is 2. The Labute approximate surface area is 136 Å². The van der Waals surface area contributed by atoms with Gasteiger partial charge < -0.3 is 0 Å². The van der Waals surface area contributed by atoms with Crippen LogP contribution in [0.5, 0.6) is 0 Å². The molecule has 0 saturated carbocycles. The molecule has 0 fully saturated rings. The van der Waals surface area contributed by atoms with E-state index < -0.39 is 8.07 Å². The third-order valence-corrected chi connectivity index (χ3v) is 3.87. The van der Waals surface area contributed by atoms with E-state index in [0.29, 0.717) is 16.4 Å². The van der Waals surface area contributed by atoms with Crippen LogP contribution in [0, 0.1) is 17.3 Å². The molecule has 1 nitrogen and oxygen atoms in total. The summed E-state index contributed by atoms with van der Waals surface area (Å²) in [5, 5.41) is 0.669. The molecule has 0 atom stereocenters. The first kappa shape index (κ1) is 16.5. The van der Waals surface area contributed by atoms with Crippen LogP contribution in [-0.4, -0.2) is 13.8 Å². The largest absolute Gasteiger partial charge is 0.239 e. The molecule has 22 heavy (non-hydrogen) atoms. The van der Waals surface area contributed by atoms with Gasteiger partial charge in [0.1, 0.15) is 19.6 Å². The van der Waals surface area contributed by atoms with Gasteiger partial charge in [-0.05, 0) is 36.4 Å². The van der Waals surface area contributed by atoms with Crippen molar-refractivity contribution >= 4 is 31.1 Å². The molecule has 0 aromatic heterocycles. The van der Waals surface area contributed by atoms with Gasteiger partial charge in [0.2, 0.25) is 0 Å². The number of hydrogen-bond donors (Lipinski definition) is 0. The van der Waals surface area contributed by atoms with Crippen LogP contribution in [0.1, 0.15) is 5.56 Å². The number of nitrogens with zero attached hydrogens (tertiary/aromatic N) is 1. The highest BCUT2D eigenvalue weighted by Crippen LogP contribution is 2.16. The summed E-state index contributed by atoms with van der Waals surface area (Å²) in [7, 11) is -1.52. The molecule has 0 aliphatic carbocycles. The summed E-state index contributed by atoms with van der Waals surface area (Å²) in [5.41, 5.74) is 5.57. The van der Waals surface area contributed by atoms with Gasteiger partial charge in [-0.25, -0.2) is 9.38 Å². The summed E-state index contributed by atoms with van der Waals surface area (Å²) in [5.74, 6) is 2.91. The van der Waals surface area contributed by atoms with Crippen molar-refractivity contribution in [2.24, 2.45) is 4.99 Å². The number of aliphatic imine (C=N–C) groups is 1. The van der Waals surface area contributed by atoms with Gasteiger partial charge in [-0.2, -0.15) is 0 Å². The summed E-state index contributed by atoms with van der Waals surface area (Å²) in [6, 6.07) is 13.5. The molecule has 2 aromatic rings. The lowest BCUT2D eigenvalue weighted by molar-refractivity contribution is 0.628. The smallest absolute Gasteiger partial charge is 0.129 e. The Kier molecular flexibility index (Phi) is 5.18. The first-order chi connectivity index (χ1) is 10.3. The topological polar surface area (TPSA) is 12.4 Å². The molecular formula is C18H17ClFNSi. The first-order valence-corrected chi connectivity index (χ1v) is 10.8. The van der Waals surface area contributed by atoms with Crippen molar-refractivity contribution in [2.45, 2.75) is 19.6 Å². The Morgan fingerprint density at radius 2 is 1.59 bits per heavy atom. The zero-order chi connectivity index (χ0) is 16.2. The van der Waals surface area contributed by atoms with Gasteiger partial charge in [-0.3, -0.25) is 0 Å². The molecule has 0 spiro atoms. The van der Waals surface area contributed by atoms with Crippen LogP contribution in [0.3, 0.4) is 0 Å². The Balaban J connectivity index is 2.46. The highest BCUT2D eigenvalue weighted by molar-refractivity contribution is 6.84. The lowest BCUT2D eigenvalue weighted by Gasteiger charge is -2.05. The Morgan fingerprint density at radius 1 is 1.00 bits per heavy atom. The second-order valence-corrected chi connectivity index (χ2v) is 11.1. The van der Waals surface area contributed by atoms with E-state index in [4.69, 9.17) is 11.6 Å². The van der Waals surface area contributed by atoms with Gasteiger partial charge >= 0.3 is 0 Å². The fourth-order valence-electron chi connectivity index (χ4n) is 1.66. The molecule has 0 N–H and O–H groups in total. The molecular weight excluding hydrogens is 313 g/mol. The minimum Gasteiger partial charge on any atom is -0.239 e. The third-order valence-electron chi connectivity index (χ3n) is 2.74. The molecule has 4 heteroatoms. The summed E-state index contributed by atoms with van der Waals surface area (Å²) in [4.78, 5) is 4.56. The van der Waals surface area contributed by atoms with E-state index in [-0.39, 0.29) is 5.82 Å². The summed E-state index contributed by atoms with van der Waals surface area (Å²) in [6.45, 7) is 6.53. The summed E-state index contributed by atoms with van der Waals surface area (Å²) in [6.07, 6.45) is 0. The monoisotopic (exact) mass is 329 g/mol. The Bertz CT molecular complexity index is 732. The minimum atomic E-state index is -1.52. The zero-order valence-corrected chi connectivity index (χ0v) is 14.6. The predicted octanol–water partition coefficient (Wildman–Crippen LogP) is 5.48. The summed E-state index contributed by atoms with van der Waals surface area (Å²) >= 11 is 5.93. The lowest BCUT2D eigenvalue weighted by Crippen LogP contribution is -2.17. The van der Waals surface area contributed by atoms with Gasteiger partial charge in [-0.1, -0.05) is 49.3 Å². The van der Waals surface area contributed by atoms with Gasteiger partial charge in [-0.15, -0.1) is 5.54 Å². The van der Waals surface area contributed by atoms with Gasteiger partial charge in [0.25, 0.3) is 0 Å². The molecule has 112 valence electrons. The van der Waals surface area contributed by atoms with Crippen molar-refractivity contribution in [2.75, 3.05) is 0 Å². The number of rotatable bonds is 2. The van der Waals surface area contributed by atoms with Crippen molar-refractivity contribution < 1.29 is 4.39 Å². The second-order valence-electron chi connectivity index (χ2n) is 5.94. The first-order valence-electron chi connectivity index (χ1n) is 6.97. The molecule has 0 aliphatic rings. The fraction of sp³-hybridized carbons (Fsp3) is 0.167. The number of benzene rings is 2. The predicted molar refractivity (Wildman–Crippen MR) is 95.2 cm³/mol. The maximum absolute atomic E-state index is 13.0. The Morgan fingerprint density at radius 3 is 2.14 bits per heavy atom. The zero-order valence-electron chi connectivity index (χ0n) is 12.8. The van der Waals surface area contributed by atoms with E-state index in [1.165, 1.54) is 12.1 Å². The standard InChI is InChI=1S/C18H17ClFNSi/c1-22(2,3)13-12-18(14-4-6-15(19)7-5-14)21-17-10-8-16(20)9-11-17/h4-11H,1-3H3. The van der Waals surface area contributed by atoms with Crippen molar-refractivity contribution in [3.8, 4) is 11.5 Å². The van der Waals surface area contributed by atoms with Crippen molar-refractivity contribution in [1.29, 1.82) is 0 Å². The van der Waals surface area contributed by atoms with E-state index >= 15 is 0 Å². The van der Waals surface area contributed by atoms with Crippen LogP contribution in [0.25, 0.3) is 0 Å². The van der Waals surface area contributed by atoms with Crippen LogP contribution in [0.2, 0.25) is 24.7 Å². The van der Waals surface area contributed by atoms with Gasteiger partial charge in [0.05, 0.1) is 5.69 Å². The maximum atomic E-state index is 13.0. The molecule has 2 rings (SSSR count). The van der Waals surface area contributed by atoms with E-state index in [1.54, 1.807) is 12.1 Å². The van der Waals surface area contributed by atoms with Crippen LogP contribution >= 0.6 is 11.6 Å². The van der Waals surface area contributed by atoms with Crippen molar-refractivity contribution in [1.82, 2.24) is 0 Å². The molecule has 0 heterocycles. The SMILES string of the molecule is C[Si](C)(C)C#CC(=Nc1ccc(F)cc1)c1ccc(Cl)cc1. The van der Waals surface area contributed by atoms with E-state index in [1.807, 2.05) is 24.3 Å². The van der Waals surface area contributed by atoms with Gasteiger partial charge in [0.15, 0.2) is 0 Å². The van der Waals surface area contributed by atoms with Gasteiger partial charge in [0, 0.05) is 10.6 Å². The van der Waals surface area contributed by atoms with E-state index in [9.17, 15) is 4.39 Å². The Hall–Kier alpha value is -1.89. The average Bonchev–Trinajstić information content (AvgIpc) is 2.45. The van der Waals surface area contributed by atoms with Crippen LogP contribution < -0.4 is 0 Å². The third kappa shape index (κ3) is 5.14. The van der Waals surface area contributed by atoms with E-state index in [0.717, 1.165) is 5.56 Å². The molecule has 0 unspecified atom stereocenters. The highest BCUT2D eigenvalue weighted by atomic mass is 35.5. The van der Waals surface area contributed by atoms with Crippen LogP contribution in [-0.2, 0) is 0 Å².